The number of hydrogen-bond donors (Lipinski definition) is 5. The van der Waals surface area contributed by atoms with Crippen molar-refractivity contribution in [2.45, 2.75) is 143 Å². The molecule has 3 aromatic carbocycles. The first-order valence-electron chi connectivity index (χ1n) is 23.5. The first-order valence-corrected chi connectivity index (χ1v) is 23.5. The van der Waals surface area contributed by atoms with Crippen molar-refractivity contribution in [1.29, 1.82) is 0 Å². The van der Waals surface area contributed by atoms with Crippen molar-refractivity contribution in [3.8, 4) is 0 Å². The summed E-state index contributed by atoms with van der Waals surface area (Å²) in [5.41, 5.74) is 7.01. The fourth-order valence-electron chi connectivity index (χ4n) is 10.3. The van der Waals surface area contributed by atoms with E-state index in [0.29, 0.717) is 18.9 Å². The average Bonchev–Trinajstić information content (AvgIpc) is 4.11. The molecule has 2 aromatic heterocycles. The largest absolute Gasteiger partial charge is 0.465 e. The summed E-state index contributed by atoms with van der Waals surface area (Å²) in [5.74, 6) is 1.06. The number of hydrogen-bond acceptors (Lipinski definition) is 8. The number of carbonyl (C=O) groups excluding carboxylic acids is 3. The van der Waals surface area contributed by atoms with E-state index in [1.165, 1.54) is 12.7 Å². The highest BCUT2D eigenvalue weighted by atomic mass is 16.5. The van der Waals surface area contributed by atoms with Gasteiger partial charge >= 0.3 is 12.2 Å². The van der Waals surface area contributed by atoms with Crippen LogP contribution in [0.5, 0.6) is 0 Å². The zero-order valence-electron chi connectivity index (χ0n) is 40.1. The van der Waals surface area contributed by atoms with Gasteiger partial charge in [0.05, 0.1) is 53.3 Å². The van der Waals surface area contributed by atoms with Crippen molar-refractivity contribution < 1.29 is 29.0 Å². The molecule has 5 N–H and O–H groups in total. The highest BCUT2D eigenvalue weighted by Crippen LogP contribution is 2.48. The summed E-state index contributed by atoms with van der Waals surface area (Å²) in [7, 11) is 1.30. The summed E-state index contributed by atoms with van der Waals surface area (Å²) in [5, 5.41) is 14.8. The van der Waals surface area contributed by atoms with Gasteiger partial charge in [-0.05, 0) is 108 Å². The van der Waals surface area contributed by atoms with Gasteiger partial charge in [-0.1, -0.05) is 86.6 Å². The SMILES string of the molecule is COC(=O)N[C@H](C(=O)N1CCC[C@H]1c1nc2ccc([C@H]3CC[C@H](c4ccc5nc([C@@H]6CCCN6C(=O)[C@@H](NC(=O)O)C(C)(C)C)[nH]c5c4)N3c3ccc(C(C)(C)C)cc3)cc2[nH]1)C(C)(C)C. The van der Waals surface area contributed by atoms with E-state index in [9.17, 15) is 24.3 Å². The van der Waals surface area contributed by atoms with Crippen molar-refractivity contribution in [2.75, 3.05) is 25.1 Å². The third-order valence-corrected chi connectivity index (χ3v) is 13.9. The molecule has 0 unspecified atom stereocenters. The molecule has 3 fully saturated rings. The summed E-state index contributed by atoms with van der Waals surface area (Å²) >= 11 is 0. The van der Waals surface area contributed by atoms with Crippen LogP contribution >= 0.6 is 0 Å². The van der Waals surface area contributed by atoms with Gasteiger partial charge < -0.3 is 45.1 Å². The van der Waals surface area contributed by atoms with Crippen molar-refractivity contribution in [1.82, 2.24) is 40.4 Å². The number of rotatable bonds is 9. The molecule has 3 aliphatic rings. The third-order valence-electron chi connectivity index (χ3n) is 13.9. The molecular formula is C51H67N9O6. The lowest BCUT2D eigenvalue weighted by Crippen LogP contribution is -2.54. The first-order chi connectivity index (χ1) is 31.1. The van der Waals surface area contributed by atoms with Crippen LogP contribution in [0.15, 0.2) is 60.7 Å². The molecule has 15 nitrogen and oxygen atoms in total. The molecule has 0 radical (unpaired) electrons. The molecule has 15 heteroatoms. The maximum atomic E-state index is 14.1. The van der Waals surface area contributed by atoms with Crippen LogP contribution in [0, 0.1) is 10.8 Å². The minimum atomic E-state index is -1.22. The molecular weight excluding hydrogens is 835 g/mol. The lowest BCUT2D eigenvalue weighted by molar-refractivity contribution is -0.137. The Morgan fingerprint density at radius 3 is 1.52 bits per heavy atom. The van der Waals surface area contributed by atoms with Crippen LogP contribution in [-0.2, 0) is 19.7 Å². The normalized spacial score (nSPS) is 21.4. The number of nitrogens with one attached hydrogen (secondary N) is 4. The molecule has 0 bridgehead atoms. The second-order valence-corrected chi connectivity index (χ2v) is 21.7. The zero-order chi connectivity index (χ0) is 47.5. The smallest absolute Gasteiger partial charge is 0.407 e. The van der Waals surface area contributed by atoms with E-state index in [-0.39, 0.29) is 41.4 Å². The molecule has 0 aliphatic carbocycles. The molecule has 5 aromatic rings. The Hall–Kier alpha value is -6.12. The van der Waals surface area contributed by atoms with Crippen LogP contribution in [0.25, 0.3) is 22.1 Å². The van der Waals surface area contributed by atoms with Crippen molar-refractivity contribution in [3.05, 3.63) is 89.0 Å². The number of imidazole rings is 2. The molecule has 66 heavy (non-hydrogen) atoms. The number of amides is 4. The standard InChI is InChI=1S/C51H67N9O6/c1-49(2,3)31-17-19-32(20-18-31)60-37(29-15-21-33-35(27-29)54-43(52-33)39-13-11-25-58(39)45(61)41(50(4,5)6)56-47(63)64)23-24-38(60)30-16-22-34-36(28-30)55-44(53-34)40-14-12-26-59(40)46(62)42(51(7,8)9)57-48(65)66-10/h15-22,27-28,37-42,56H,11-14,23-26H2,1-10H3,(H,52,54)(H,53,55)(H,57,65)(H,63,64)/t37-,38-,39+,40+,41-,42-/m1/s1. The number of H-pyrrole nitrogens is 2. The molecule has 3 aliphatic heterocycles. The van der Waals surface area contributed by atoms with Gasteiger partial charge in [0, 0.05) is 18.8 Å². The van der Waals surface area contributed by atoms with Crippen molar-refractivity contribution in [2.24, 2.45) is 10.8 Å². The van der Waals surface area contributed by atoms with Gasteiger partial charge in [-0.2, -0.15) is 0 Å². The van der Waals surface area contributed by atoms with Gasteiger partial charge in [0.2, 0.25) is 11.8 Å². The maximum Gasteiger partial charge on any atom is 0.407 e. The van der Waals surface area contributed by atoms with Crippen LogP contribution in [-0.4, -0.2) is 91.1 Å². The summed E-state index contributed by atoms with van der Waals surface area (Å²) in [6.07, 6.45) is 3.09. The van der Waals surface area contributed by atoms with E-state index in [2.05, 4.69) is 107 Å². The minimum Gasteiger partial charge on any atom is -0.465 e. The first kappa shape index (κ1) is 46.4. The summed E-state index contributed by atoms with van der Waals surface area (Å²) in [6.45, 7) is 19.2. The lowest BCUT2D eigenvalue weighted by atomic mass is 9.85. The molecule has 4 amide bonds. The monoisotopic (exact) mass is 902 g/mol. The summed E-state index contributed by atoms with van der Waals surface area (Å²) in [4.78, 5) is 75.5. The number of aromatic nitrogens is 4. The molecule has 6 atom stereocenters. The Bertz CT molecular complexity index is 2620. The van der Waals surface area contributed by atoms with Crippen LogP contribution in [0.1, 0.15) is 153 Å². The fourth-order valence-corrected chi connectivity index (χ4v) is 10.3. The predicted molar refractivity (Wildman–Crippen MR) is 255 cm³/mol. The average molecular weight is 902 g/mol. The zero-order valence-corrected chi connectivity index (χ0v) is 40.1. The quantitative estimate of drug-likeness (QED) is 0.0960. The second-order valence-electron chi connectivity index (χ2n) is 21.7. The molecule has 3 saturated heterocycles. The number of fused-ring (bicyclic) bond motifs is 2. The Morgan fingerprint density at radius 1 is 0.652 bits per heavy atom. The van der Waals surface area contributed by atoms with Crippen molar-refractivity contribution in [3.63, 3.8) is 0 Å². The van der Waals surface area contributed by atoms with E-state index in [0.717, 1.165) is 83.2 Å². The molecule has 0 spiro atoms. The number of benzene rings is 3. The van der Waals surface area contributed by atoms with E-state index < -0.39 is 35.1 Å². The van der Waals surface area contributed by atoms with E-state index in [4.69, 9.17) is 14.7 Å². The van der Waals surface area contributed by atoms with E-state index in [1.54, 1.807) is 4.90 Å². The topological polar surface area (TPSA) is 189 Å². The second kappa shape index (κ2) is 17.6. The number of likely N-dealkylation sites (tertiary alicyclic amines) is 2. The number of anilines is 1. The number of methoxy groups -OCH3 is 1. The van der Waals surface area contributed by atoms with Crippen LogP contribution in [0.2, 0.25) is 0 Å². The fraction of sp³-hybridized carbons (Fsp3) is 0.529. The maximum absolute atomic E-state index is 14.1. The minimum absolute atomic E-state index is 0.0000265. The van der Waals surface area contributed by atoms with E-state index in [1.807, 2.05) is 46.4 Å². The molecule has 5 heterocycles. The summed E-state index contributed by atoms with van der Waals surface area (Å²) < 4.78 is 4.87. The summed E-state index contributed by atoms with van der Waals surface area (Å²) in [6, 6.07) is 19.8. The lowest BCUT2D eigenvalue weighted by Gasteiger charge is -2.35. The van der Waals surface area contributed by atoms with Gasteiger partial charge in [0.15, 0.2) is 0 Å². The Labute approximate surface area is 387 Å². The Kier molecular flexibility index (Phi) is 12.4. The van der Waals surface area contributed by atoms with Crippen LogP contribution in [0.4, 0.5) is 15.3 Å². The number of aromatic amines is 2. The van der Waals surface area contributed by atoms with Gasteiger partial charge in [-0.3, -0.25) is 9.59 Å². The number of alkyl carbamates (subject to hydrolysis) is 1. The highest BCUT2D eigenvalue weighted by molar-refractivity contribution is 5.88. The van der Waals surface area contributed by atoms with Gasteiger partial charge in [0.25, 0.3) is 0 Å². The predicted octanol–water partition coefficient (Wildman–Crippen LogP) is 9.60. The highest BCUT2D eigenvalue weighted by Gasteiger charge is 2.43. The molecule has 8 rings (SSSR count). The Balaban J connectivity index is 1.09. The molecule has 0 saturated carbocycles. The number of nitrogens with zero attached hydrogens (tertiary/aromatic N) is 5. The van der Waals surface area contributed by atoms with Crippen molar-refractivity contribution >= 4 is 51.8 Å². The van der Waals surface area contributed by atoms with Gasteiger partial charge in [0.1, 0.15) is 23.7 Å². The Morgan fingerprint density at radius 2 is 1.11 bits per heavy atom. The van der Waals surface area contributed by atoms with Gasteiger partial charge in [-0.15, -0.1) is 0 Å². The third kappa shape index (κ3) is 9.17. The van der Waals surface area contributed by atoms with Gasteiger partial charge in [-0.25, -0.2) is 19.6 Å². The number of carbonyl (C=O) groups is 4. The van der Waals surface area contributed by atoms with E-state index >= 15 is 0 Å². The van der Waals surface area contributed by atoms with Crippen LogP contribution in [0.3, 0.4) is 0 Å². The molecule has 352 valence electrons. The number of carboxylic acid groups (broad SMARTS) is 1. The van der Waals surface area contributed by atoms with Crippen LogP contribution < -0.4 is 15.5 Å². The number of ether oxygens (including phenoxy) is 1.